The van der Waals surface area contributed by atoms with Gasteiger partial charge in [0.05, 0.1) is 12.4 Å². The Hall–Kier alpha value is -3.53. The first-order chi connectivity index (χ1) is 17.2. The normalized spacial score (nSPS) is 12.6. The molecule has 0 radical (unpaired) electrons. The summed E-state index contributed by atoms with van der Waals surface area (Å²) in [6.45, 7) is 10.1. The molecule has 0 saturated heterocycles. The van der Waals surface area contributed by atoms with Gasteiger partial charge >= 0.3 is 0 Å². The van der Waals surface area contributed by atoms with Crippen molar-refractivity contribution in [3.63, 3.8) is 0 Å². The van der Waals surface area contributed by atoms with Crippen molar-refractivity contribution >= 4 is 35.0 Å². The molecule has 2 atom stereocenters. The highest BCUT2D eigenvalue weighted by molar-refractivity contribution is 8.00. The Bertz CT molecular complexity index is 1200. The second kappa shape index (κ2) is 12.4. The molecule has 36 heavy (non-hydrogen) atoms. The van der Waals surface area contributed by atoms with Gasteiger partial charge in [0.15, 0.2) is 17.1 Å². The Morgan fingerprint density at radius 3 is 2.31 bits per heavy atom. The van der Waals surface area contributed by atoms with Crippen molar-refractivity contribution in [1.82, 2.24) is 14.8 Å². The molecule has 10 heteroatoms. The number of aromatic nitrogens is 3. The third-order valence-electron chi connectivity index (χ3n) is 5.11. The number of carbonyl (C=O) groups excluding carboxylic acids is 2. The average Bonchev–Trinajstić information content (AvgIpc) is 3.20. The number of rotatable bonds is 11. The van der Waals surface area contributed by atoms with Crippen LogP contribution in [0, 0.1) is 5.92 Å². The fourth-order valence-electron chi connectivity index (χ4n) is 3.49. The van der Waals surface area contributed by atoms with Gasteiger partial charge in [-0.05, 0) is 50.1 Å². The van der Waals surface area contributed by atoms with E-state index in [1.807, 2.05) is 42.7 Å². The summed E-state index contributed by atoms with van der Waals surface area (Å²) in [6.07, 6.45) is -0.363. The van der Waals surface area contributed by atoms with E-state index in [-0.39, 0.29) is 17.9 Å². The summed E-state index contributed by atoms with van der Waals surface area (Å²) in [7, 11) is 1.61. The largest absolute Gasteiger partial charge is 0.497 e. The van der Waals surface area contributed by atoms with Gasteiger partial charge in [-0.2, -0.15) is 0 Å². The van der Waals surface area contributed by atoms with Crippen LogP contribution in [0.4, 0.5) is 11.4 Å². The molecule has 0 aliphatic rings. The van der Waals surface area contributed by atoms with Crippen LogP contribution in [0.1, 0.15) is 46.5 Å². The molecule has 3 aromatic rings. The molecule has 1 heterocycles. The number of nitrogens with one attached hydrogen (secondary N) is 2. The van der Waals surface area contributed by atoms with E-state index in [0.717, 1.165) is 0 Å². The van der Waals surface area contributed by atoms with E-state index in [2.05, 4.69) is 34.7 Å². The van der Waals surface area contributed by atoms with Crippen molar-refractivity contribution in [2.24, 2.45) is 5.92 Å². The Morgan fingerprint density at radius 1 is 0.972 bits per heavy atom. The van der Waals surface area contributed by atoms with Gasteiger partial charge in [-0.1, -0.05) is 37.7 Å². The molecule has 2 amide bonds. The number of benzene rings is 2. The Labute approximate surface area is 216 Å². The predicted molar refractivity (Wildman–Crippen MR) is 142 cm³/mol. The maximum absolute atomic E-state index is 12.9. The minimum absolute atomic E-state index is 0.174. The SMILES string of the molecule is COc1cccc(OC(C)c2nnc(SC(C)C(=O)Nc3cccc(NC(C)=O)c3)n2CC(C)C)c1. The molecule has 0 spiro atoms. The number of anilines is 2. The standard InChI is InChI=1S/C26H33N5O4S/c1-16(2)15-31-24(17(3)35-23-12-8-11-22(14-23)34-6)29-30-26(31)36-18(4)25(33)28-21-10-7-9-20(13-21)27-19(5)32/h7-14,16-18H,15H2,1-6H3,(H,27,32)(H,28,33). The summed E-state index contributed by atoms with van der Waals surface area (Å²) in [5.74, 6) is 2.05. The summed E-state index contributed by atoms with van der Waals surface area (Å²) in [5, 5.41) is 14.6. The molecule has 9 nitrogen and oxygen atoms in total. The molecule has 0 aliphatic carbocycles. The number of ether oxygens (including phenoxy) is 2. The fraction of sp³-hybridized carbons (Fsp3) is 0.385. The molecule has 2 unspecified atom stereocenters. The zero-order valence-electron chi connectivity index (χ0n) is 21.4. The van der Waals surface area contributed by atoms with E-state index in [4.69, 9.17) is 9.47 Å². The number of methoxy groups -OCH3 is 1. The van der Waals surface area contributed by atoms with Crippen LogP contribution in [0.3, 0.4) is 0 Å². The zero-order chi connectivity index (χ0) is 26.2. The van der Waals surface area contributed by atoms with E-state index in [1.165, 1.54) is 18.7 Å². The summed E-state index contributed by atoms with van der Waals surface area (Å²) in [4.78, 5) is 24.2. The fourth-order valence-corrected chi connectivity index (χ4v) is 4.35. The highest BCUT2D eigenvalue weighted by Gasteiger charge is 2.24. The molecular weight excluding hydrogens is 478 g/mol. The minimum Gasteiger partial charge on any atom is -0.497 e. The third-order valence-corrected chi connectivity index (χ3v) is 6.19. The van der Waals surface area contributed by atoms with E-state index < -0.39 is 5.25 Å². The Balaban J connectivity index is 1.73. The molecule has 2 N–H and O–H groups in total. The van der Waals surface area contributed by atoms with Crippen LogP contribution < -0.4 is 20.1 Å². The van der Waals surface area contributed by atoms with Crippen LogP contribution in [0.2, 0.25) is 0 Å². The smallest absolute Gasteiger partial charge is 0.237 e. The van der Waals surface area contributed by atoms with Gasteiger partial charge < -0.3 is 24.7 Å². The lowest BCUT2D eigenvalue weighted by Gasteiger charge is -2.19. The average molecular weight is 512 g/mol. The van der Waals surface area contributed by atoms with E-state index in [9.17, 15) is 9.59 Å². The highest BCUT2D eigenvalue weighted by Crippen LogP contribution is 2.29. The Kier molecular flexibility index (Phi) is 9.35. The monoisotopic (exact) mass is 511 g/mol. The van der Waals surface area contributed by atoms with Crippen molar-refractivity contribution in [3.8, 4) is 11.5 Å². The molecule has 1 aromatic heterocycles. The molecule has 0 aliphatic heterocycles. The van der Waals surface area contributed by atoms with Crippen LogP contribution in [-0.4, -0.2) is 38.9 Å². The van der Waals surface area contributed by atoms with Crippen molar-refractivity contribution in [2.45, 2.75) is 57.7 Å². The van der Waals surface area contributed by atoms with E-state index in [1.54, 1.807) is 31.4 Å². The van der Waals surface area contributed by atoms with E-state index in [0.29, 0.717) is 46.3 Å². The number of hydrogen-bond acceptors (Lipinski definition) is 7. The molecule has 0 fully saturated rings. The summed E-state index contributed by atoms with van der Waals surface area (Å²) < 4.78 is 13.4. The molecule has 0 saturated carbocycles. The van der Waals surface area contributed by atoms with Crippen LogP contribution >= 0.6 is 11.8 Å². The molecule has 3 rings (SSSR count). The number of nitrogens with zero attached hydrogens (tertiary/aromatic N) is 3. The topological polar surface area (TPSA) is 107 Å². The first-order valence-electron chi connectivity index (χ1n) is 11.7. The number of hydrogen-bond donors (Lipinski definition) is 2. The number of carbonyl (C=O) groups is 2. The van der Waals surface area contributed by atoms with Gasteiger partial charge in [0.2, 0.25) is 11.8 Å². The molecular formula is C26H33N5O4S. The summed E-state index contributed by atoms with van der Waals surface area (Å²) in [6, 6.07) is 14.4. The van der Waals surface area contributed by atoms with Crippen LogP contribution in [0.5, 0.6) is 11.5 Å². The van der Waals surface area contributed by atoms with Crippen molar-refractivity contribution in [1.29, 1.82) is 0 Å². The van der Waals surface area contributed by atoms with Crippen molar-refractivity contribution < 1.29 is 19.1 Å². The number of thioether (sulfide) groups is 1. The van der Waals surface area contributed by atoms with Crippen LogP contribution in [0.25, 0.3) is 0 Å². The first-order valence-corrected chi connectivity index (χ1v) is 12.6. The quantitative estimate of drug-likeness (QED) is 0.342. The van der Waals surface area contributed by atoms with Crippen molar-refractivity contribution in [3.05, 3.63) is 54.4 Å². The predicted octanol–water partition coefficient (Wildman–Crippen LogP) is 5.16. The zero-order valence-corrected chi connectivity index (χ0v) is 22.3. The lowest BCUT2D eigenvalue weighted by Crippen LogP contribution is -2.23. The lowest BCUT2D eigenvalue weighted by molar-refractivity contribution is -0.115. The summed E-state index contributed by atoms with van der Waals surface area (Å²) in [5.41, 5.74) is 1.22. The van der Waals surface area contributed by atoms with Gasteiger partial charge in [-0.25, -0.2) is 0 Å². The number of amides is 2. The molecule has 192 valence electrons. The first kappa shape index (κ1) is 27.1. The van der Waals surface area contributed by atoms with Gasteiger partial charge in [-0.15, -0.1) is 10.2 Å². The summed E-state index contributed by atoms with van der Waals surface area (Å²) >= 11 is 1.34. The lowest BCUT2D eigenvalue weighted by atomic mass is 10.2. The third kappa shape index (κ3) is 7.48. The van der Waals surface area contributed by atoms with E-state index >= 15 is 0 Å². The van der Waals surface area contributed by atoms with Crippen LogP contribution in [-0.2, 0) is 16.1 Å². The minimum atomic E-state index is -0.438. The molecule has 2 aromatic carbocycles. The van der Waals surface area contributed by atoms with Crippen molar-refractivity contribution in [2.75, 3.05) is 17.7 Å². The maximum atomic E-state index is 12.9. The van der Waals surface area contributed by atoms with Gasteiger partial charge in [-0.3, -0.25) is 9.59 Å². The maximum Gasteiger partial charge on any atom is 0.237 e. The van der Waals surface area contributed by atoms with Gasteiger partial charge in [0.25, 0.3) is 0 Å². The highest BCUT2D eigenvalue weighted by atomic mass is 32.2. The van der Waals surface area contributed by atoms with Gasteiger partial charge in [0, 0.05) is 30.9 Å². The Morgan fingerprint density at radius 2 is 1.64 bits per heavy atom. The second-order valence-electron chi connectivity index (χ2n) is 8.80. The van der Waals surface area contributed by atoms with Gasteiger partial charge in [0.1, 0.15) is 11.5 Å². The second-order valence-corrected chi connectivity index (χ2v) is 10.1. The molecule has 0 bridgehead atoms. The van der Waals surface area contributed by atoms with Crippen LogP contribution in [0.15, 0.2) is 53.7 Å².